The van der Waals surface area contributed by atoms with E-state index in [1.807, 2.05) is 0 Å². The summed E-state index contributed by atoms with van der Waals surface area (Å²) in [4.78, 5) is 0. The molecule has 0 fully saturated rings. The first-order valence-electron chi connectivity index (χ1n) is 4.39. The van der Waals surface area contributed by atoms with Crippen molar-refractivity contribution in [3.63, 3.8) is 0 Å². The molecule has 0 spiro atoms. The van der Waals surface area contributed by atoms with Gasteiger partial charge in [-0.05, 0) is 34.4 Å². The third kappa shape index (κ3) is 14.6. The van der Waals surface area contributed by atoms with Gasteiger partial charge in [0.05, 0.1) is 0 Å². The second-order valence-electron chi connectivity index (χ2n) is 3.11. The van der Waals surface area contributed by atoms with Gasteiger partial charge in [-0.2, -0.15) is 0 Å². The van der Waals surface area contributed by atoms with Crippen LogP contribution < -0.4 is 0 Å². The topological polar surface area (TPSA) is 68.3 Å². The Labute approximate surface area is 99.2 Å². The highest BCUT2D eigenvalue weighted by Gasteiger charge is 2.03. The van der Waals surface area contributed by atoms with Crippen LogP contribution in [0, 0.1) is 0 Å². The fourth-order valence-corrected chi connectivity index (χ4v) is 4.57. The van der Waals surface area contributed by atoms with Gasteiger partial charge in [-0.1, -0.05) is 6.42 Å². The molecule has 0 amide bonds. The minimum absolute atomic E-state index is 0.586. The first-order valence-corrected chi connectivity index (χ1v) is 11.2. The molecule has 4 nitrogen and oxygen atoms in total. The minimum Gasteiger partial charge on any atom is -0.218 e. The van der Waals surface area contributed by atoms with E-state index >= 15 is 0 Å². The third-order valence-electron chi connectivity index (χ3n) is 1.38. The van der Waals surface area contributed by atoms with Crippen LogP contribution in [0.3, 0.4) is 0 Å². The summed E-state index contributed by atoms with van der Waals surface area (Å²) in [6, 6.07) is 0. The Morgan fingerprint density at radius 1 is 0.733 bits per heavy atom. The summed E-state index contributed by atoms with van der Waals surface area (Å²) >= 11 is 0. The molecule has 0 aliphatic rings. The number of rotatable bonds is 8. The van der Waals surface area contributed by atoms with E-state index in [0.717, 1.165) is 40.9 Å². The third-order valence-corrected chi connectivity index (χ3v) is 6.72. The zero-order chi connectivity index (χ0) is 11.9. The summed E-state index contributed by atoms with van der Waals surface area (Å²) in [5.74, 6) is 1.17. The molecule has 0 saturated carbocycles. The summed E-state index contributed by atoms with van der Waals surface area (Å²) in [5, 5.41) is 0. The Bertz CT molecular complexity index is 320. The lowest BCUT2D eigenvalue weighted by molar-refractivity contribution is 0.614. The molecule has 0 saturated heterocycles. The smallest absolute Gasteiger partial charge is 0.198 e. The molecule has 15 heavy (non-hydrogen) atoms. The Hall–Kier alpha value is 0.600. The molecule has 8 heteroatoms. The minimum atomic E-state index is -2.92. The van der Waals surface area contributed by atoms with Crippen molar-refractivity contribution >= 4 is 39.3 Å². The fourth-order valence-electron chi connectivity index (χ4n) is 0.802. The van der Waals surface area contributed by atoms with E-state index in [9.17, 15) is 16.8 Å². The van der Waals surface area contributed by atoms with Gasteiger partial charge < -0.3 is 0 Å². The van der Waals surface area contributed by atoms with Crippen LogP contribution in [0.15, 0.2) is 0 Å². The van der Waals surface area contributed by atoms with E-state index in [-0.39, 0.29) is 0 Å². The van der Waals surface area contributed by atoms with Crippen molar-refractivity contribution in [2.24, 2.45) is 0 Å². The molecule has 0 aromatic rings. The maximum atomic E-state index is 10.7. The summed E-state index contributed by atoms with van der Waals surface area (Å²) in [6.07, 6.45) is 4.86. The van der Waals surface area contributed by atoms with E-state index in [1.54, 1.807) is 0 Å². The molecule has 0 unspecified atom stereocenters. The SMILES string of the molecule is CS(=O)(=O)SCCCCCSS(C)(=O)=O. The second kappa shape index (κ2) is 7.03. The second-order valence-corrected chi connectivity index (χ2v) is 12.3. The molecule has 0 radical (unpaired) electrons. The van der Waals surface area contributed by atoms with Crippen molar-refractivity contribution < 1.29 is 16.8 Å². The van der Waals surface area contributed by atoms with Crippen LogP contribution >= 0.6 is 21.6 Å². The zero-order valence-electron chi connectivity index (χ0n) is 8.80. The van der Waals surface area contributed by atoms with Crippen molar-refractivity contribution in [1.82, 2.24) is 0 Å². The van der Waals surface area contributed by atoms with Crippen molar-refractivity contribution in [2.45, 2.75) is 19.3 Å². The molecule has 0 bridgehead atoms. The number of unbranched alkanes of at least 4 members (excludes halogenated alkanes) is 2. The molecular weight excluding hydrogens is 276 g/mol. The Morgan fingerprint density at radius 2 is 1.07 bits per heavy atom. The maximum Gasteiger partial charge on any atom is 0.198 e. The first-order chi connectivity index (χ1) is 6.71. The first kappa shape index (κ1) is 15.6. The van der Waals surface area contributed by atoms with Gasteiger partial charge in [0.2, 0.25) is 0 Å². The largest absolute Gasteiger partial charge is 0.218 e. The molecule has 92 valence electrons. The quantitative estimate of drug-likeness (QED) is 0.499. The lowest BCUT2D eigenvalue weighted by Gasteiger charge is -1.99. The molecule has 0 aromatic heterocycles. The highest BCUT2D eigenvalue weighted by atomic mass is 33.1. The fraction of sp³-hybridized carbons (Fsp3) is 1.00. The normalized spacial score (nSPS) is 12.9. The van der Waals surface area contributed by atoms with Gasteiger partial charge in [0, 0.05) is 24.0 Å². The molecule has 0 aliphatic heterocycles. The summed E-state index contributed by atoms with van der Waals surface area (Å²) < 4.78 is 42.9. The van der Waals surface area contributed by atoms with E-state index < -0.39 is 17.7 Å². The van der Waals surface area contributed by atoms with Gasteiger partial charge in [-0.3, -0.25) is 0 Å². The molecule has 0 heterocycles. The highest BCUT2D eigenvalue weighted by Crippen LogP contribution is 2.15. The van der Waals surface area contributed by atoms with Crippen molar-refractivity contribution in [1.29, 1.82) is 0 Å². The Balaban J connectivity index is 3.34. The van der Waals surface area contributed by atoms with Gasteiger partial charge in [0.15, 0.2) is 17.7 Å². The van der Waals surface area contributed by atoms with Crippen molar-refractivity contribution in [3.8, 4) is 0 Å². The van der Waals surface area contributed by atoms with Crippen LogP contribution in [0.2, 0.25) is 0 Å². The molecule has 0 rings (SSSR count). The Kier molecular flexibility index (Phi) is 7.31. The monoisotopic (exact) mass is 292 g/mol. The molecule has 0 atom stereocenters. The number of hydrogen-bond acceptors (Lipinski definition) is 6. The van der Waals surface area contributed by atoms with Gasteiger partial charge in [-0.25, -0.2) is 16.8 Å². The van der Waals surface area contributed by atoms with Crippen LogP contribution in [0.5, 0.6) is 0 Å². The Morgan fingerprint density at radius 3 is 1.33 bits per heavy atom. The standard InChI is InChI=1S/C7H16O4S4/c1-14(8,9)12-6-4-3-5-7-13-15(2,10)11/h3-7H2,1-2H3. The van der Waals surface area contributed by atoms with E-state index in [4.69, 9.17) is 0 Å². The summed E-state index contributed by atoms with van der Waals surface area (Å²) in [5.41, 5.74) is 0. The van der Waals surface area contributed by atoms with Crippen LogP contribution in [0.1, 0.15) is 19.3 Å². The van der Waals surface area contributed by atoms with E-state index in [2.05, 4.69) is 0 Å². The van der Waals surface area contributed by atoms with Crippen LogP contribution in [0.4, 0.5) is 0 Å². The number of hydrogen-bond donors (Lipinski definition) is 0. The van der Waals surface area contributed by atoms with Crippen molar-refractivity contribution in [2.75, 3.05) is 24.0 Å². The van der Waals surface area contributed by atoms with Gasteiger partial charge in [0.1, 0.15) is 0 Å². The lowest BCUT2D eigenvalue weighted by atomic mass is 10.3. The molecule has 0 aliphatic carbocycles. The predicted octanol–water partition coefficient (Wildman–Crippen LogP) is 1.54. The average molecular weight is 292 g/mol. The van der Waals surface area contributed by atoms with E-state index in [0.29, 0.717) is 11.5 Å². The maximum absolute atomic E-state index is 10.7. The van der Waals surface area contributed by atoms with Gasteiger partial charge in [-0.15, -0.1) is 0 Å². The molecule has 0 N–H and O–H groups in total. The van der Waals surface area contributed by atoms with Crippen LogP contribution in [-0.2, 0) is 17.7 Å². The van der Waals surface area contributed by atoms with Crippen molar-refractivity contribution in [3.05, 3.63) is 0 Å². The predicted molar refractivity (Wildman–Crippen MR) is 68.5 cm³/mol. The summed E-state index contributed by atoms with van der Waals surface area (Å²) in [6.45, 7) is 0. The van der Waals surface area contributed by atoms with Gasteiger partial charge >= 0.3 is 0 Å². The van der Waals surface area contributed by atoms with Gasteiger partial charge in [0.25, 0.3) is 0 Å². The highest BCUT2D eigenvalue weighted by molar-refractivity contribution is 8.72. The van der Waals surface area contributed by atoms with E-state index in [1.165, 1.54) is 12.5 Å². The lowest BCUT2D eigenvalue weighted by Crippen LogP contribution is -1.93. The molecular formula is C7H16O4S4. The molecule has 0 aromatic carbocycles. The van der Waals surface area contributed by atoms with Crippen LogP contribution in [0.25, 0.3) is 0 Å². The zero-order valence-corrected chi connectivity index (χ0v) is 12.1. The summed E-state index contributed by atoms with van der Waals surface area (Å²) in [7, 11) is -3.96. The average Bonchev–Trinajstić information content (AvgIpc) is 1.98. The van der Waals surface area contributed by atoms with Crippen LogP contribution in [-0.4, -0.2) is 40.9 Å².